The normalized spacial score (nSPS) is 14.2. The van der Waals surface area contributed by atoms with Gasteiger partial charge in [0.15, 0.2) is 0 Å². The van der Waals surface area contributed by atoms with Crippen molar-refractivity contribution in [2.75, 3.05) is 0 Å². The molecule has 0 heterocycles. The van der Waals surface area contributed by atoms with Gasteiger partial charge in [-0.3, -0.25) is 0 Å². The van der Waals surface area contributed by atoms with Crippen molar-refractivity contribution in [1.82, 2.24) is 0 Å². The molecule has 3 rings (SSSR count). The first-order valence-electron chi connectivity index (χ1n) is 6.85. The molecule has 21 heavy (non-hydrogen) atoms. The van der Waals surface area contributed by atoms with E-state index < -0.39 is 10.1 Å². The Kier molecular flexibility index (Phi) is 3.55. The van der Waals surface area contributed by atoms with E-state index in [0.717, 1.165) is 17.5 Å². The highest BCUT2D eigenvalue weighted by Crippen LogP contribution is 2.29. The van der Waals surface area contributed by atoms with E-state index in [1.54, 1.807) is 18.2 Å². The van der Waals surface area contributed by atoms with Crippen LogP contribution in [0.15, 0.2) is 53.4 Å². The molecule has 0 bridgehead atoms. The lowest BCUT2D eigenvalue weighted by Gasteiger charge is -2.17. The molecular weight excluding hydrogens is 284 g/mol. The van der Waals surface area contributed by atoms with Crippen molar-refractivity contribution in [3.05, 3.63) is 70.1 Å². The molecule has 2 aromatic rings. The summed E-state index contributed by atoms with van der Waals surface area (Å²) in [6.45, 7) is 1.83. The number of aryl methyl sites for hydroxylation is 2. The molecule has 0 saturated heterocycles. The van der Waals surface area contributed by atoms with E-state index in [1.807, 2.05) is 43.3 Å². The fourth-order valence-electron chi connectivity index (χ4n) is 2.42. The van der Waals surface area contributed by atoms with E-state index in [-0.39, 0.29) is 0 Å². The minimum atomic E-state index is -3.74. The number of fused-ring (bicyclic) bond motifs is 1. The number of hydrogen-bond acceptors (Lipinski definition) is 3. The second kappa shape index (κ2) is 5.37. The second-order valence-electron chi connectivity index (χ2n) is 5.11. The Hall–Kier alpha value is -2.07. The third-order valence-electron chi connectivity index (χ3n) is 3.63. The average Bonchev–Trinajstić information content (AvgIpc) is 2.49. The van der Waals surface area contributed by atoms with Gasteiger partial charge in [-0.05, 0) is 48.6 Å². The van der Waals surface area contributed by atoms with Gasteiger partial charge in [-0.25, -0.2) is 0 Å². The molecule has 0 aliphatic heterocycles. The Morgan fingerprint density at radius 2 is 1.67 bits per heavy atom. The summed E-state index contributed by atoms with van der Waals surface area (Å²) >= 11 is 0. The van der Waals surface area contributed by atoms with Crippen LogP contribution in [0.2, 0.25) is 0 Å². The van der Waals surface area contributed by atoms with Crippen molar-refractivity contribution < 1.29 is 12.6 Å². The van der Waals surface area contributed by atoms with Crippen LogP contribution >= 0.6 is 0 Å². The zero-order chi connectivity index (χ0) is 14.9. The lowest BCUT2D eigenvalue weighted by molar-refractivity contribution is 0.490. The molecule has 1 aliphatic carbocycles. The first-order chi connectivity index (χ1) is 10.1. The summed E-state index contributed by atoms with van der Waals surface area (Å²) in [6, 6.07) is 14.9. The van der Waals surface area contributed by atoms with E-state index in [2.05, 4.69) is 0 Å². The van der Waals surface area contributed by atoms with Crippen LogP contribution in [0.1, 0.15) is 23.1 Å². The standard InChI is InChI=1S/C17H16O3S/c1-13-6-2-5-9-17(13)20-21(18,19)16-11-10-14-7-3-4-8-15(14)12-16/h2-9,12H,10-11H2,1H3. The number of para-hydroxylation sites is 1. The number of rotatable bonds is 3. The third-order valence-corrected chi connectivity index (χ3v) is 4.99. The highest BCUT2D eigenvalue weighted by atomic mass is 32.2. The van der Waals surface area contributed by atoms with Crippen LogP contribution in [0.25, 0.3) is 6.08 Å². The van der Waals surface area contributed by atoms with E-state index >= 15 is 0 Å². The quantitative estimate of drug-likeness (QED) is 0.812. The molecule has 0 spiro atoms. The smallest absolute Gasteiger partial charge is 0.335 e. The van der Waals surface area contributed by atoms with Gasteiger partial charge in [-0.15, -0.1) is 0 Å². The molecule has 2 aromatic carbocycles. The largest absolute Gasteiger partial charge is 0.379 e. The van der Waals surface area contributed by atoms with Crippen LogP contribution < -0.4 is 4.18 Å². The van der Waals surface area contributed by atoms with Crippen molar-refractivity contribution in [3.8, 4) is 5.75 Å². The Bertz CT molecular complexity index is 804. The molecule has 0 N–H and O–H groups in total. The monoisotopic (exact) mass is 300 g/mol. The molecule has 0 amide bonds. The Labute approximate surface area is 125 Å². The van der Waals surface area contributed by atoms with Gasteiger partial charge in [0.2, 0.25) is 0 Å². The number of benzene rings is 2. The zero-order valence-corrected chi connectivity index (χ0v) is 12.6. The lowest BCUT2D eigenvalue weighted by Crippen LogP contribution is -2.15. The molecule has 0 radical (unpaired) electrons. The molecule has 108 valence electrons. The molecular formula is C17H16O3S. The predicted molar refractivity (Wildman–Crippen MR) is 83.5 cm³/mol. The number of hydrogen-bond donors (Lipinski definition) is 0. The molecule has 0 fully saturated rings. The van der Waals surface area contributed by atoms with Crippen LogP contribution in [0.4, 0.5) is 0 Å². The average molecular weight is 300 g/mol. The van der Waals surface area contributed by atoms with Crippen LogP contribution in [-0.2, 0) is 16.5 Å². The van der Waals surface area contributed by atoms with Crippen LogP contribution in [-0.4, -0.2) is 8.42 Å². The molecule has 1 aliphatic rings. The molecule has 4 heteroatoms. The predicted octanol–water partition coefficient (Wildman–Crippen LogP) is 3.69. The third kappa shape index (κ3) is 2.85. The Morgan fingerprint density at radius 3 is 2.48 bits per heavy atom. The maximum Gasteiger partial charge on any atom is 0.335 e. The summed E-state index contributed by atoms with van der Waals surface area (Å²) in [5.74, 6) is 0.386. The van der Waals surface area contributed by atoms with Gasteiger partial charge in [0.05, 0.1) is 4.91 Å². The number of allylic oxidation sites excluding steroid dienone is 1. The summed E-state index contributed by atoms with van der Waals surface area (Å²) in [5.41, 5.74) is 2.93. The minimum absolute atomic E-state index is 0.337. The highest BCUT2D eigenvalue weighted by Gasteiger charge is 2.24. The summed E-state index contributed by atoms with van der Waals surface area (Å²) in [7, 11) is -3.74. The van der Waals surface area contributed by atoms with Gasteiger partial charge in [-0.2, -0.15) is 8.42 Å². The summed E-state index contributed by atoms with van der Waals surface area (Å²) in [6.07, 6.45) is 2.91. The van der Waals surface area contributed by atoms with Crippen LogP contribution in [0.3, 0.4) is 0 Å². The molecule has 0 unspecified atom stereocenters. The highest BCUT2D eigenvalue weighted by molar-refractivity contribution is 7.91. The molecule has 0 saturated carbocycles. The van der Waals surface area contributed by atoms with Gasteiger partial charge in [0.25, 0.3) is 0 Å². The Balaban J connectivity index is 1.94. The van der Waals surface area contributed by atoms with E-state index in [4.69, 9.17) is 4.18 Å². The summed E-state index contributed by atoms with van der Waals surface area (Å²) in [4.78, 5) is 0.337. The van der Waals surface area contributed by atoms with Gasteiger partial charge < -0.3 is 4.18 Å². The zero-order valence-electron chi connectivity index (χ0n) is 11.7. The fourth-order valence-corrected chi connectivity index (χ4v) is 3.58. The van der Waals surface area contributed by atoms with Gasteiger partial charge in [0.1, 0.15) is 5.75 Å². The summed E-state index contributed by atoms with van der Waals surface area (Å²) < 4.78 is 30.1. The summed E-state index contributed by atoms with van der Waals surface area (Å²) in [5, 5.41) is 0. The first-order valence-corrected chi connectivity index (χ1v) is 8.26. The van der Waals surface area contributed by atoms with E-state index in [1.165, 1.54) is 5.56 Å². The van der Waals surface area contributed by atoms with Crippen LogP contribution in [0, 0.1) is 6.92 Å². The van der Waals surface area contributed by atoms with Crippen molar-refractivity contribution >= 4 is 16.2 Å². The van der Waals surface area contributed by atoms with Crippen molar-refractivity contribution in [3.63, 3.8) is 0 Å². The molecule has 0 aromatic heterocycles. The van der Waals surface area contributed by atoms with Crippen molar-refractivity contribution in [2.45, 2.75) is 19.8 Å². The SMILES string of the molecule is Cc1ccccc1OS(=O)(=O)C1=Cc2ccccc2CC1. The van der Waals surface area contributed by atoms with Crippen molar-refractivity contribution in [1.29, 1.82) is 0 Å². The van der Waals surface area contributed by atoms with Gasteiger partial charge in [-0.1, -0.05) is 42.5 Å². The Morgan fingerprint density at radius 1 is 0.952 bits per heavy atom. The van der Waals surface area contributed by atoms with E-state index in [9.17, 15) is 8.42 Å². The second-order valence-corrected chi connectivity index (χ2v) is 6.71. The fraction of sp³-hybridized carbons (Fsp3) is 0.176. The maximum atomic E-state index is 12.4. The van der Waals surface area contributed by atoms with Gasteiger partial charge in [0, 0.05) is 0 Å². The lowest BCUT2D eigenvalue weighted by atomic mass is 9.98. The topological polar surface area (TPSA) is 43.4 Å². The molecule has 0 atom stereocenters. The molecule has 3 nitrogen and oxygen atoms in total. The van der Waals surface area contributed by atoms with Crippen LogP contribution in [0.5, 0.6) is 5.75 Å². The van der Waals surface area contributed by atoms with E-state index in [0.29, 0.717) is 17.1 Å². The maximum absolute atomic E-state index is 12.4. The van der Waals surface area contributed by atoms with Crippen molar-refractivity contribution in [2.24, 2.45) is 0 Å². The van der Waals surface area contributed by atoms with Gasteiger partial charge >= 0.3 is 10.1 Å². The first kappa shape index (κ1) is 13.9. The minimum Gasteiger partial charge on any atom is -0.379 e.